The first-order valence-electron chi connectivity index (χ1n) is 3.30. The van der Waals surface area contributed by atoms with Crippen LogP contribution in [0.4, 0.5) is 0 Å². The van der Waals surface area contributed by atoms with Gasteiger partial charge in [0, 0.05) is 17.6 Å². The lowest BCUT2D eigenvalue weighted by Crippen LogP contribution is -2.16. The molecule has 1 N–H and O–H groups in total. The topological polar surface area (TPSA) is 68.0 Å². The summed E-state index contributed by atoms with van der Waals surface area (Å²) in [6.07, 6.45) is 2.79. The van der Waals surface area contributed by atoms with Crippen molar-refractivity contribution in [1.29, 1.82) is 0 Å². The predicted octanol–water partition coefficient (Wildman–Crippen LogP) is 0.0288. The molecule has 5 heteroatoms. The van der Waals surface area contributed by atoms with Crippen LogP contribution in [0.3, 0.4) is 0 Å². The fraction of sp³-hybridized carbons (Fsp3) is 0. The number of hydrogen-bond acceptors (Lipinski definition) is 4. The minimum atomic E-state index is -0.499. The number of rotatable bonds is 0. The quantitative estimate of drug-likeness (QED) is 0.556. The number of nitrogens with zero attached hydrogens (tertiary/aromatic N) is 3. The van der Waals surface area contributed by atoms with Gasteiger partial charge in [0.2, 0.25) is 0 Å². The van der Waals surface area contributed by atoms with Gasteiger partial charge in [-0.2, -0.15) is 0 Å². The summed E-state index contributed by atoms with van der Waals surface area (Å²) in [7, 11) is 0. The maximum atomic E-state index is 10.9. The molecule has 0 aliphatic carbocycles. The number of aromatic nitrogens is 3. The van der Waals surface area contributed by atoms with Crippen molar-refractivity contribution in [3.8, 4) is 0 Å². The fourth-order valence-electron chi connectivity index (χ4n) is 0.965. The summed E-state index contributed by atoms with van der Waals surface area (Å²) in [5, 5.41) is 9.80. The molecule has 0 aromatic carbocycles. The van der Waals surface area contributed by atoms with E-state index in [1.54, 1.807) is 6.07 Å². The van der Waals surface area contributed by atoms with Crippen LogP contribution in [0.15, 0.2) is 29.5 Å². The normalized spacial score (nSPS) is 10.3. The van der Waals surface area contributed by atoms with E-state index in [0.29, 0.717) is 10.1 Å². The standard InChI is InChI=1S/C7H5N3O2/c11-6-2-1-5-3-8-4-9-7(5)10(6)12/h1-4,12H. The Labute approximate surface area is 66.9 Å². The molecule has 0 amide bonds. The van der Waals surface area contributed by atoms with Crippen molar-refractivity contribution < 1.29 is 5.21 Å². The summed E-state index contributed by atoms with van der Waals surface area (Å²) < 4.78 is 0.497. The van der Waals surface area contributed by atoms with Gasteiger partial charge in [0.1, 0.15) is 6.33 Å². The molecule has 0 radical (unpaired) electrons. The Balaban J connectivity index is 3.01. The molecule has 0 aliphatic rings. The van der Waals surface area contributed by atoms with Crippen molar-refractivity contribution in [2.45, 2.75) is 0 Å². The Morgan fingerprint density at radius 3 is 3.08 bits per heavy atom. The molecule has 5 nitrogen and oxygen atoms in total. The van der Waals surface area contributed by atoms with Gasteiger partial charge >= 0.3 is 0 Å². The molecule has 0 saturated heterocycles. The minimum Gasteiger partial charge on any atom is -0.423 e. The number of pyridine rings is 1. The van der Waals surface area contributed by atoms with Gasteiger partial charge in [-0.25, -0.2) is 9.97 Å². The highest BCUT2D eigenvalue weighted by molar-refractivity contribution is 5.72. The smallest absolute Gasteiger partial charge is 0.284 e. The third-order valence-corrected chi connectivity index (χ3v) is 1.53. The monoisotopic (exact) mass is 163 g/mol. The fourth-order valence-corrected chi connectivity index (χ4v) is 0.965. The summed E-state index contributed by atoms with van der Waals surface area (Å²) >= 11 is 0. The van der Waals surface area contributed by atoms with Crippen molar-refractivity contribution in [2.24, 2.45) is 0 Å². The Hall–Kier alpha value is -1.91. The molecular weight excluding hydrogens is 158 g/mol. The van der Waals surface area contributed by atoms with Gasteiger partial charge in [-0.3, -0.25) is 4.79 Å². The Morgan fingerprint density at radius 2 is 2.25 bits per heavy atom. The summed E-state index contributed by atoms with van der Waals surface area (Å²) in [6, 6.07) is 2.82. The van der Waals surface area contributed by atoms with E-state index in [-0.39, 0.29) is 5.65 Å². The second-order valence-electron chi connectivity index (χ2n) is 2.29. The van der Waals surface area contributed by atoms with Crippen LogP contribution in [-0.4, -0.2) is 19.9 Å². The molecule has 12 heavy (non-hydrogen) atoms. The Kier molecular flexibility index (Phi) is 1.30. The average molecular weight is 163 g/mol. The van der Waals surface area contributed by atoms with Gasteiger partial charge < -0.3 is 5.21 Å². The first-order valence-corrected chi connectivity index (χ1v) is 3.30. The third kappa shape index (κ3) is 0.833. The molecular formula is C7H5N3O2. The lowest BCUT2D eigenvalue weighted by atomic mass is 10.3. The van der Waals surface area contributed by atoms with Gasteiger partial charge in [-0.15, -0.1) is 4.73 Å². The molecule has 0 bridgehead atoms. The van der Waals surface area contributed by atoms with E-state index in [4.69, 9.17) is 0 Å². The SMILES string of the molecule is O=c1ccc2cncnc2n1O. The van der Waals surface area contributed by atoms with Crippen LogP contribution in [0.5, 0.6) is 0 Å². The lowest BCUT2D eigenvalue weighted by Gasteiger charge is -1.98. The van der Waals surface area contributed by atoms with Crippen LogP contribution < -0.4 is 5.56 Å². The van der Waals surface area contributed by atoms with Crippen LogP contribution in [0.25, 0.3) is 11.0 Å². The summed E-state index contributed by atoms with van der Waals surface area (Å²) in [5.74, 6) is 0. The molecule has 2 aromatic rings. The van der Waals surface area contributed by atoms with Gasteiger partial charge in [0.15, 0.2) is 5.65 Å². The maximum absolute atomic E-state index is 10.9. The highest BCUT2D eigenvalue weighted by Crippen LogP contribution is 2.03. The van der Waals surface area contributed by atoms with Gasteiger partial charge in [0.25, 0.3) is 5.56 Å². The van der Waals surface area contributed by atoms with Crippen molar-refractivity contribution in [1.82, 2.24) is 14.7 Å². The van der Waals surface area contributed by atoms with E-state index in [0.717, 1.165) is 0 Å². The predicted molar refractivity (Wildman–Crippen MR) is 41.0 cm³/mol. The molecule has 0 unspecified atom stereocenters. The number of fused-ring (bicyclic) bond motifs is 1. The van der Waals surface area contributed by atoms with Crippen LogP contribution in [0, 0.1) is 0 Å². The van der Waals surface area contributed by atoms with Gasteiger partial charge in [-0.1, -0.05) is 0 Å². The summed E-state index contributed by atoms with van der Waals surface area (Å²) in [5.41, 5.74) is -0.279. The van der Waals surface area contributed by atoms with Crippen molar-refractivity contribution in [3.63, 3.8) is 0 Å². The largest absolute Gasteiger partial charge is 0.423 e. The Bertz CT molecular complexity index is 477. The van der Waals surface area contributed by atoms with Crippen molar-refractivity contribution in [3.05, 3.63) is 35.0 Å². The van der Waals surface area contributed by atoms with Crippen LogP contribution in [-0.2, 0) is 0 Å². The molecule has 0 aliphatic heterocycles. The zero-order valence-corrected chi connectivity index (χ0v) is 6.01. The maximum Gasteiger partial charge on any atom is 0.284 e. The van der Waals surface area contributed by atoms with E-state index >= 15 is 0 Å². The first-order chi connectivity index (χ1) is 5.79. The van der Waals surface area contributed by atoms with E-state index in [9.17, 15) is 10.0 Å². The Morgan fingerprint density at radius 1 is 1.42 bits per heavy atom. The molecule has 0 atom stereocenters. The molecule has 2 rings (SSSR count). The van der Waals surface area contributed by atoms with Crippen LogP contribution in [0.2, 0.25) is 0 Å². The molecule has 0 saturated carbocycles. The van der Waals surface area contributed by atoms with E-state index in [1.165, 1.54) is 18.6 Å². The zero-order chi connectivity index (χ0) is 8.55. The van der Waals surface area contributed by atoms with E-state index < -0.39 is 5.56 Å². The summed E-state index contributed by atoms with van der Waals surface area (Å²) in [6.45, 7) is 0. The first kappa shape index (κ1) is 6.78. The van der Waals surface area contributed by atoms with Crippen LogP contribution in [0.1, 0.15) is 0 Å². The molecule has 0 spiro atoms. The van der Waals surface area contributed by atoms with Gasteiger partial charge in [0.05, 0.1) is 0 Å². The number of hydrogen-bond donors (Lipinski definition) is 1. The van der Waals surface area contributed by atoms with Crippen molar-refractivity contribution >= 4 is 11.0 Å². The second-order valence-corrected chi connectivity index (χ2v) is 2.29. The summed E-state index contributed by atoms with van der Waals surface area (Å²) in [4.78, 5) is 18.4. The highest BCUT2D eigenvalue weighted by Gasteiger charge is 2.00. The van der Waals surface area contributed by atoms with E-state index in [2.05, 4.69) is 9.97 Å². The zero-order valence-electron chi connectivity index (χ0n) is 6.01. The minimum absolute atomic E-state index is 0.220. The third-order valence-electron chi connectivity index (χ3n) is 1.53. The van der Waals surface area contributed by atoms with Gasteiger partial charge in [-0.05, 0) is 6.07 Å². The molecule has 2 heterocycles. The van der Waals surface area contributed by atoms with Crippen molar-refractivity contribution in [2.75, 3.05) is 0 Å². The molecule has 2 aromatic heterocycles. The second kappa shape index (κ2) is 2.30. The van der Waals surface area contributed by atoms with E-state index in [1.807, 2.05) is 0 Å². The highest BCUT2D eigenvalue weighted by atomic mass is 16.5. The lowest BCUT2D eigenvalue weighted by molar-refractivity contribution is 0.186. The molecule has 60 valence electrons. The average Bonchev–Trinajstić information content (AvgIpc) is 2.12. The molecule has 0 fully saturated rings. The van der Waals surface area contributed by atoms with Crippen LogP contribution >= 0.6 is 0 Å².